The number of aromatic nitrogens is 1. The van der Waals surface area contributed by atoms with Crippen LogP contribution in [0, 0.1) is 5.92 Å². The molecule has 1 aromatic rings. The second kappa shape index (κ2) is 12.8. The third-order valence-corrected chi connectivity index (χ3v) is 7.88. The van der Waals surface area contributed by atoms with Crippen molar-refractivity contribution in [1.29, 1.82) is 0 Å². The summed E-state index contributed by atoms with van der Waals surface area (Å²) < 4.78 is 5.92. The fourth-order valence-corrected chi connectivity index (χ4v) is 5.48. The van der Waals surface area contributed by atoms with Gasteiger partial charge in [0.2, 0.25) is 11.8 Å². The number of nitrogens with one attached hydrogen (secondary N) is 3. The topological polar surface area (TPSA) is 113 Å². The lowest BCUT2D eigenvalue weighted by atomic mass is 9.95. The van der Waals surface area contributed by atoms with Gasteiger partial charge in [0.15, 0.2) is 0 Å². The molecule has 9 nitrogen and oxygen atoms in total. The highest BCUT2D eigenvalue weighted by Gasteiger charge is 2.34. The van der Waals surface area contributed by atoms with E-state index in [0.717, 1.165) is 37.2 Å². The Morgan fingerprint density at radius 2 is 1.97 bits per heavy atom. The number of hydrogen-bond acceptors (Lipinski definition) is 7. The van der Waals surface area contributed by atoms with E-state index < -0.39 is 6.04 Å². The molecule has 0 bridgehead atoms. The lowest BCUT2D eigenvalue weighted by molar-refractivity contribution is -0.134. The number of rotatable bonds is 9. The molecule has 3 amide bonds. The first-order chi connectivity index (χ1) is 16.7. The Balaban J connectivity index is 1.61. The van der Waals surface area contributed by atoms with E-state index in [9.17, 15) is 14.4 Å². The third-order valence-electron chi connectivity index (χ3n) is 6.95. The minimum atomic E-state index is -0.574. The maximum atomic E-state index is 13.3. The maximum Gasteiger partial charge on any atom is 0.270 e. The summed E-state index contributed by atoms with van der Waals surface area (Å²) in [6, 6.07) is -0.799. The van der Waals surface area contributed by atoms with Crippen LogP contribution in [0.15, 0.2) is 5.38 Å². The van der Waals surface area contributed by atoms with Gasteiger partial charge in [-0.1, -0.05) is 26.7 Å². The highest BCUT2D eigenvalue weighted by atomic mass is 32.1. The van der Waals surface area contributed by atoms with Crippen molar-refractivity contribution in [2.24, 2.45) is 5.92 Å². The Labute approximate surface area is 212 Å². The van der Waals surface area contributed by atoms with Gasteiger partial charge < -0.3 is 20.7 Å². The average Bonchev–Trinajstić information content (AvgIpc) is 3.32. The van der Waals surface area contributed by atoms with E-state index in [1.54, 1.807) is 5.38 Å². The number of hydrogen-bond donors (Lipinski definition) is 3. The van der Waals surface area contributed by atoms with E-state index in [4.69, 9.17) is 4.74 Å². The highest BCUT2D eigenvalue weighted by Crippen LogP contribution is 2.30. The van der Waals surface area contributed by atoms with Crippen molar-refractivity contribution >= 4 is 29.1 Å². The summed E-state index contributed by atoms with van der Waals surface area (Å²) in [5.41, 5.74) is 0.390. The fourth-order valence-electron chi connectivity index (χ4n) is 4.62. The summed E-state index contributed by atoms with van der Waals surface area (Å²) in [5, 5.41) is 11.5. The van der Waals surface area contributed by atoms with Crippen LogP contribution in [0.5, 0.6) is 0 Å². The predicted octanol–water partition coefficient (Wildman–Crippen LogP) is 2.63. The molecule has 35 heavy (non-hydrogen) atoms. The molecule has 5 atom stereocenters. The second-order valence-corrected chi connectivity index (χ2v) is 11.0. The lowest BCUT2D eigenvalue weighted by Crippen LogP contribution is -2.57. The van der Waals surface area contributed by atoms with Crippen molar-refractivity contribution in [1.82, 2.24) is 25.8 Å². The van der Waals surface area contributed by atoms with Crippen LogP contribution in [0.2, 0.25) is 0 Å². The number of amides is 3. The molecule has 0 radical (unpaired) electrons. The van der Waals surface area contributed by atoms with Gasteiger partial charge >= 0.3 is 0 Å². The van der Waals surface area contributed by atoms with Crippen LogP contribution in [0.25, 0.3) is 0 Å². The molecule has 0 aromatic carbocycles. The summed E-state index contributed by atoms with van der Waals surface area (Å²) in [7, 11) is 1.97. The number of nitrogens with zero attached hydrogens (tertiary/aromatic N) is 2. The molecule has 3 N–H and O–H groups in total. The Morgan fingerprint density at radius 1 is 1.20 bits per heavy atom. The van der Waals surface area contributed by atoms with Gasteiger partial charge in [-0.15, -0.1) is 11.3 Å². The monoisotopic (exact) mass is 507 g/mol. The van der Waals surface area contributed by atoms with Crippen molar-refractivity contribution in [2.45, 2.75) is 96.5 Å². The van der Waals surface area contributed by atoms with Crippen molar-refractivity contribution in [3.8, 4) is 0 Å². The Morgan fingerprint density at radius 3 is 2.66 bits per heavy atom. The molecule has 1 aromatic heterocycles. The van der Waals surface area contributed by atoms with Crippen molar-refractivity contribution < 1.29 is 19.1 Å². The van der Waals surface area contributed by atoms with Crippen LogP contribution >= 0.6 is 11.3 Å². The fraction of sp³-hybridized carbons (Fsp3) is 0.760. The Kier molecular flexibility index (Phi) is 10.1. The zero-order valence-corrected chi connectivity index (χ0v) is 22.5. The number of thiazole rings is 1. The molecule has 196 valence electrons. The Bertz CT molecular complexity index is 876. The molecule has 0 unspecified atom stereocenters. The number of ether oxygens (including phenoxy) is 1. The molecular formula is C25H41N5O4S. The minimum Gasteiger partial charge on any atom is -0.371 e. The first-order valence-electron chi connectivity index (χ1n) is 12.9. The maximum absolute atomic E-state index is 13.3. The van der Waals surface area contributed by atoms with Crippen LogP contribution < -0.4 is 16.0 Å². The lowest BCUT2D eigenvalue weighted by Gasteiger charge is -2.34. The first kappa shape index (κ1) is 27.5. The van der Waals surface area contributed by atoms with Gasteiger partial charge in [-0.3, -0.25) is 19.3 Å². The first-order valence-corrected chi connectivity index (χ1v) is 13.8. The van der Waals surface area contributed by atoms with Gasteiger partial charge in [0.1, 0.15) is 22.8 Å². The van der Waals surface area contributed by atoms with E-state index in [-0.39, 0.29) is 47.9 Å². The van der Waals surface area contributed by atoms with E-state index >= 15 is 0 Å². The second-order valence-electron chi connectivity index (χ2n) is 10.2. The number of likely N-dealkylation sites (N-methyl/N-ethyl adjacent to an activating group) is 1. The molecule has 0 saturated carbocycles. The van der Waals surface area contributed by atoms with Gasteiger partial charge in [-0.2, -0.15) is 0 Å². The largest absolute Gasteiger partial charge is 0.371 e. The molecular weight excluding hydrogens is 466 g/mol. The van der Waals surface area contributed by atoms with E-state index in [1.807, 2.05) is 34.7 Å². The summed E-state index contributed by atoms with van der Waals surface area (Å²) in [5.74, 6) is -0.385. The van der Waals surface area contributed by atoms with Crippen molar-refractivity contribution in [3.63, 3.8) is 0 Å². The zero-order valence-electron chi connectivity index (χ0n) is 21.6. The molecule has 2 saturated heterocycles. The van der Waals surface area contributed by atoms with Gasteiger partial charge in [0.25, 0.3) is 5.91 Å². The Hall–Kier alpha value is -2.04. The molecule has 0 aliphatic carbocycles. The van der Waals surface area contributed by atoms with Crippen molar-refractivity contribution in [2.75, 3.05) is 20.2 Å². The van der Waals surface area contributed by atoms with Gasteiger partial charge in [0.05, 0.1) is 6.04 Å². The summed E-state index contributed by atoms with van der Waals surface area (Å²) in [6.07, 6.45) is 4.75. The van der Waals surface area contributed by atoms with Crippen LogP contribution in [0.1, 0.15) is 87.8 Å². The number of likely N-dealkylation sites (tertiary alicyclic amines) is 1. The molecule has 2 aliphatic heterocycles. The third kappa shape index (κ3) is 7.47. The summed E-state index contributed by atoms with van der Waals surface area (Å²) in [6.45, 7) is 9.25. The van der Waals surface area contributed by atoms with Gasteiger partial charge in [-0.05, 0) is 52.6 Å². The standard InChI is InChI=1S/C25H41N5O4S/c1-6-16(4)21(29-23(32)19-9-7-8-11-30(19)5)24(33)27-17-10-12-34-20(13-17)25-28-18(14-35-25)22(31)26-15(2)3/h14-17,19-21H,6-13H2,1-5H3,(H,26,31)(H,27,33)(H,29,32)/t16-,17-,19+,20+,21-/m0/s1. The smallest absolute Gasteiger partial charge is 0.270 e. The van der Waals surface area contributed by atoms with Crippen LogP contribution in [0.4, 0.5) is 0 Å². The SMILES string of the molecule is CC[C@H](C)[C@H](NC(=O)[C@H]1CCCCN1C)C(=O)N[C@H]1CCO[C@@H](c2nc(C(=O)NC(C)C)cs2)C1. The zero-order chi connectivity index (χ0) is 25.5. The summed E-state index contributed by atoms with van der Waals surface area (Å²) in [4.78, 5) is 45.1. The number of carbonyl (C=O) groups is 3. The van der Waals surface area contributed by atoms with Gasteiger partial charge in [0, 0.05) is 30.5 Å². The van der Waals surface area contributed by atoms with E-state index in [2.05, 4.69) is 25.8 Å². The van der Waals surface area contributed by atoms with E-state index in [1.165, 1.54) is 11.3 Å². The van der Waals surface area contributed by atoms with E-state index in [0.29, 0.717) is 25.1 Å². The summed E-state index contributed by atoms with van der Waals surface area (Å²) >= 11 is 1.40. The normalized spacial score (nSPS) is 25.0. The number of carbonyl (C=O) groups excluding carboxylic acids is 3. The highest BCUT2D eigenvalue weighted by molar-refractivity contribution is 7.09. The predicted molar refractivity (Wildman–Crippen MR) is 136 cm³/mol. The van der Waals surface area contributed by atoms with Gasteiger partial charge in [-0.25, -0.2) is 4.98 Å². The van der Waals surface area contributed by atoms with Crippen molar-refractivity contribution in [3.05, 3.63) is 16.1 Å². The quantitative estimate of drug-likeness (QED) is 0.474. The van der Waals surface area contributed by atoms with Crippen LogP contribution in [-0.2, 0) is 14.3 Å². The molecule has 3 heterocycles. The molecule has 0 spiro atoms. The molecule has 2 aliphatic rings. The number of piperidine rings is 1. The minimum absolute atomic E-state index is 0.0180. The average molecular weight is 508 g/mol. The van der Waals surface area contributed by atoms with Crippen LogP contribution in [0.3, 0.4) is 0 Å². The molecule has 3 rings (SSSR count). The molecule has 2 fully saturated rings. The van der Waals surface area contributed by atoms with Crippen LogP contribution in [-0.4, -0.2) is 72.0 Å². The molecule has 10 heteroatoms.